The lowest BCUT2D eigenvalue weighted by Gasteiger charge is -2.30. The van der Waals surface area contributed by atoms with Crippen molar-refractivity contribution in [1.82, 2.24) is 4.90 Å². The number of aliphatic carboxylic acids is 1. The van der Waals surface area contributed by atoms with Crippen molar-refractivity contribution >= 4 is 23.5 Å². The maximum Gasteiger partial charge on any atom is 0.308 e. The highest BCUT2D eigenvalue weighted by atomic mass is 16.4. The van der Waals surface area contributed by atoms with Gasteiger partial charge in [-0.1, -0.05) is 18.2 Å². The molecule has 0 aliphatic carbocycles. The Bertz CT molecular complexity index is 802. The number of rotatable bonds is 4. The summed E-state index contributed by atoms with van der Waals surface area (Å²) in [5.74, 6) is -1.83. The van der Waals surface area contributed by atoms with Gasteiger partial charge in [-0.15, -0.1) is 0 Å². The van der Waals surface area contributed by atoms with Gasteiger partial charge in [0, 0.05) is 29.9 Å². The molecule has 0 saturated carbocycles. The average Bonchev–Trinajstić information content (AvgIpc) is 2.68. The number of carbonyl (C=O) groups is 3. The van der Waals surface area contributed by atoms with Crippen LogP contribution in [0.4, 0.5) is 5.69 Å². The second-order valence-electron chi connectivity index (χ2n) is 6.33. The van der Waals surface area contributed by atoms with E-state index < -0.39 is 11.9 Å². The summed E-state index contributed by atoms with van der Waals surface area (Å²) in [5.41, 5.74) is 1.60. The summed E-state index contributed by atoms with van der Waals surface area (Å²) < 4.78 is 0. The predicted octanol–water partition coefficient (Wildman–Crippen LogP) is 2.88. The third-order valence-electron chi connectivity index (χ3n) is 4.48. The predicted molar refractivity (Wildman–Crippen MR) is 97.1 cm³/mol. The molecule has 1 fully saturated rings. The van der Waals surface area contributed by atoms with Crippen molar-refractivity contribution in [3.8, 4) is 0 Å². The van der Waals surface area contributed by atoms with Gasteiger partial charge in [0.15, 0.2) is 0 Å². The van der Waals surface area contributed by atoms with E-state index in [0.29, 0.717) is 36.2 Å². The first kappa shape index (κ1) is 17.7. The van der Waals surface area contributed by atoms with Gasteiger partial charge in [0.25, 0.3) is 11.8 Å². The molecule has 134 valence electrons. The summed E-state index contributed by atoms with van der Waals surface area (Å²) in [6, 6.07) is 15.5. The molecule has 2 N–H and O–H groups in total. The minimum absolute atomic E-state index is 0.203. The zero-order chi connectivity index (χ0) is 18.5. The molecule has 26 heavy (non-hydrogen) atoms. The quantitative estimate of drug-likeness (QED) is 0.886. The monoisotopic (exact) mass is 352 g/mol. The highest BCUT2D eigenvalue weighted by molar-refractivity contribution is 6.05. The third kappa shape index (κ3) is 4.08. The van der Waals surface area contributed by atoms with E-state index in [4.69, 9.17) is 5.11 Å². The fraction of sp³-hybridized carbons (Fsp3) is 0.250. The van der Waals surface area contributed by atoms with Crippen LogP contribution in [-0.2, 0) is 4.79 Å². The van der Waals surface area contributed by atoms with Crippen LogP contribution in [0, 0.1) is 5.92 Å². The van der Waals surface area contributed by atoms with Crippen LogP contribution in [0.15, 0.2) is 54.6 Å². The summed E-state index contributed by atoms with van der Waals surface area (Å²) in [6.45, 7) is 0.781. The lowest BCUT2D eigenvalue weighted by atomic mass is 9.97. The second-order valence-corrected chi connectivity index (χ2v) is 6.33. The third-order valence-corrected chi connectivity index (χ3v) is 4.48. The molecule has 1 heterocycles. The lowest BCUT2D eigenvalue weighted by molar-refractivity contribution is -0.143. The zero-order valence-corrected chi connectivity index (χ0v) is 14.2. The fourth-order valence-electron chi connectivity index (χ4n) is 3.03. The second kappa shape index (κ2) is 7.82. The first-order valence-corrected chi connectivity index (χ1v) is 8.53. The Labute approximate surface area is 151 Å². The van der Waals surface area contributed by atoms with Gasteiger partial charge >= 0.3 is 5.97 Å². The molecule has 6 heteroatoms. The molecule has 0 spiro atoms. The maximum atomic E-state index is 12.6. The number of nitrogens with one attached hydrogen (secondary N) is 1. The average molecular weight is 352 g/mol. The molecule has 1 saturated heterocycles. The van der Waals surface area contributed by atoms with E-state index >= 15 is 0 Å². The van der Waals surface area contributed by atoms with Gasteiger partial charge in [-0.25, -0.2) is 0 Å². The molecule has 2 aromatic rings. The Morgan fingerprint density at radius 2 is 1.62 bits per heavy atom. The Balaban J connectivity index is 1.66. The highest BCUT2D eigenvalue weighted by Crippen LogP contribution is 2.19. The zero-order valence-electron chi connectivity index (χ0n) is 14.2. The molecule has 2 amide bonds. The van der Waals surface area contributed by atoms with Crippen LogP contribution >= 0.6 is 0 Å². The number of amides is 2. The minimum atomic E-state index is -0.865. The summed E-state index contributed by atoms with van der Waals surface area (Å²) in [5, 5.41) is 11.9. The Morgan fingerprint density at radius 3 is 2.27 bits per heavy atom. The molecular formula is C20H20N2O4. The van der Waals surface area contributed by atoms with Gasteiger partial charge < -0.3 is 15.3 Å². The number of nitrogens with zero attached hydrogens (tertiary/aromatic N) is 1. The number of likely N-dealkylation sites (tertiary alicyclic amines) is 1. The van der Waals surface area contributed by atoms with Crippen LogP contribution in [-0.4, -0.2) is 40.9 Å². The maximum absolute atomic E-state index is 12.6. The molecule has 2 aromatic carbocycles. The molecule has 3 rings (SSSR count). The first-order chi connectivity index (χ1) is 12.5. The standard InChI is InChI=1S/C20H20N2O4/c23-18(21-17-6-2-1-3-7-17)14-8-10-15(11-9-14)19(24)22-12-4-5-16(13-22)20(25)26/h1-3,6-11,16H,4-5,12-13H2,(H,21,23)(H,25,26)/t16-/m0/s1. The van der Waals surface area contributed by atoms with Crippen molar-refractivity contribution < 1.29 is 19.5 Å². The number of carboxylic acids is 1. The SMILES string of the molecule is O=C(Nc1ccccc1)c1ccc(C(=O)N2CCC[C@H](C(=O)O)C2)cc1. The number of piperidine rings is 1. The van der Waals surface area contributed by atoms with Gasteiger partial charge in [-0.2, -0.15) is 0 Å². The van der Waals surface area contributed by atoms with Crippen molar-refractivity contribution in [3.63, 3.8) is 0 Å². The molecule has 1 atom stereocenters. The summed E-state index contributed by atoms with van der Waals surface area (Å²) in [6.07, 6.45) is 1.28. The summed E-state index contributed by atoms with van der Waals surface area (Å²) in [7, 11) is 0. The Kier molecular flexibility index (Phi) is 5.31. The molecular weight excluding hydrogens is 332 g/mol. The van der Waals surface area contributed by atoms with E-state index in [1.165, 1.54) is 0 Å². The van der Waals surface area contributed by atoms with Crippen LogP contribution in [0.2, 0.25) is 0 Å². The first-order valence-electron chi connectivity index (χ1n) is 8.53. The smallest absolute Gasteiger partial charge is 0.308 e. The van der Waals surface area contributed by atoms with Gasteiger partial charge in [0.05, 0.1) is 5.92 Å². The number of para-hydroxylation sites is 1. The molecule has 6 nitrogen and oxygen atoms in total. The van der Waals surface area contributed by atoms with E-state index in [1.807, 2.05) is 18.2 Å². The van der Waals surface area contributed by atoms with Gasteiger partial charge in [-0.3, -0.25) is 14.4 Å². The number of carbonyl (C=O) groups excluding carboxylic acids is 2. The van der Waals surface area contributed by atoms with E-state index in [0.717, 1.165) is 0 Å². The van der Waals surface area contributed by atoms with Crippen LogP contribution < -0.4 is 5.32 Å². The number of anilines is 1. The normalized spacial score (nSPS) is 16.8. The van der Waals surface area contributed by atoms with Crippen LogP contribution in [0.25, 0.3) is 0 Å². The van der Waals surface area contributed by atoms with E-state index in [2.05, 4.69) is 5.32 Å². The Hall–Kier alpha value is -3.15. The molecule has 0 bridgehead atoms. The van der Waals surface area contributed by atoms with Crippen molar-refractivity contribution in [2.75, 3.05) is 18.4 Å². The minimum Gasteiger partial charge on any atom is -0.481 e. The van der Waals surface area contributed by atoms with Crippen molar-refractivity contribution in [3.05, 3.63) is 65.7 Å². The molecule has 1 aliphatic heterocycles. The van der Waals surface area contributed by atoms with Crippen molar-refractivity contribution in [2.45, 2.75) is 12.8 Å². The topological polar surface area (TPSA) is 86.7 Å². The van der Waals surface area contributed by atoms with Crippen molar-refractivity contribution in [2.24, 2.45) is 5.92 Å². The highest BCUT2D eigenvalue weighted by Gasteiger charge is 2.28. The molecule has 1 aliphatic rings. The number of carboxylic acid groups (broad SMARTS) is 1. The van der Waals surface area contributed by atoms with Gasteiger partial charge in [-0.05, 0) is 49.2 Å². The van der Waals surface area contributed by atoms with Crippen LogP contribution in [0.1, 0.15) is 33.6 Å². The molecule has 0 radical (unpaired) electrons. The number of hydrogen-bond donors (Lipinski definition) is 2. The Morgan fingerprint density at radius 1 is 0.962 bits per heavy atom. The number of benzene rings is 2. The number of hydrogen-bond acceptors (Lipinski definition) is 3. The van der Waals surface area contributed by atoms with Gasteiger partial charge in [0.2, 0.25) is 0 Å². The largest absolute Gasteiger partial charge is 0.481 e. The molecule has 0 unspecified atom stereocenters. The van der Waals surface area contributed by atoms with Gasteiger partial charge in [0.1, 0.15) is 0 Å². The van der Waals surface area contributed by atoms with E-state index in [-0.39, 0.29) is 18.4 Å². The van der Waals surface area contributed by atoms with Crippen molar-refractivity contribution in [1.29, 1.82) is 0 Å². The van der Waals surface area contributed by atoms with E-state index in [1.54, 1.807) is 41.3 Å². The van der Waals surface area contributed by atoms with Crippen LogP contribution in [0.5, 0.6) is 0 Å². The summed E-state index contributed by atoms with van der Waals surface area (Å²) >= 11 is 0. The molecule has 0 aromatic heterocycles. The lowest BCUT2D eigenvalue weighted by Crippen LogP contribution is -2.42. The van der Waals surface area contributed by atoms with Crippen LogP contribution in [0.3, 0.4) is 0 Å². The summed E-state index contributed by atoms with van der Waals surface area (Å²) in [4.78, 5) is 37.5. The van der Waals surface area contributed by atoms with E-state index in [9.17, 15) is 14.4 Å². The fourth-order valence-corrected chi connectivity index (χ4v) is 3.03.